The molecule has 0 amide bonds. The van der Waals surface area contributed by atoms with Gasteiger partial charge in [0.1, 0.15) is 0 Å². The number of hydrogen-bond donors (Lipinski definition) is 1. The topological polar surface area (TPSA) is 24.9 Å². The molecule has 1 atom stereocenters. The number of aromatic nitrogens is 1. The third kappa shape index (κ3) is 3.54. The Hall–Kier alpha value is -1.41. The Labute approximate surface area is 109 Å². The van der Waals surface area contributed by atoms with Crippen LogP contribution >= 0.6 is 0 Å². The standard InChI is InChI=1S/C16H22N2/c1-12(2)10-13(3)17-11-15-9-8-14-6-4-5-7-16(14)18-15/h4-9,12-13,17H,10-11H2,1-3H3. The lowest BCUT2D eigenvalue weighted by Crippen LogP contribution is -2.27. The van der Waals surface area contributed by atoms with Gasteiger partial charge in [-0.05, 0) is 31.4 Å². The van der Waals surface area contributed by atoms with Gasteiger partial charge < -0.3 is 5.32 Å². The van der Waals surface area contributed by atoms with E-state index in [4.69, 9.17) is 0 Å². The van der Waals surface area contributed by atoms with Crippen molar-refractivity contribution in [3.05, 3.63) is 42.1 Å². The molecule has 1 heterocycles. The number of fused-ring (bicyclic) bond motifs is 1. The molecule has 0 spiro atoms. The number of hydrogen-bond acceptors (Lipinski definition) is 2. The molecule has 0 fully saturated rings. The Morgan fingerprint density at radius 3 is 2.61 bits per heavy atom. The lowest BCUT2D eigenvalue weighted by molar-refractivity contribution is 0.439. The van der Waals surface area contributed by atoms with Crippen LogP contribution in [0.5, 0.6) is 0 Å². The highest BCUT2D eigenvalue weighted by atomic mass is 14.9. The fourth-order valence-electron chi connectivity index (χ4n) is 2.28. The van der Waals surface area contributed by atoms with Crippen LogP contribution in [0.15, 0.2) is 36.4 Å². The maximum absolute atomic E-state index is 4.66. The van der Waals surface area contributed by atoms with E-state index in [2.05, 4.69) is 55.3 Å². The predicted molar refractivity (Wildman–Crippen MR) is 77.5 cm³/mol. The molecule has 0 saturated heterocycles. The SMILES string of the molecule is CC(C)CC(C)NCc1ccc2ccccc2n1. The Kier molecular flexibility index (Phi) is 4.32. The summed E-state index contributed by atoms with van der Waals surface area (Å²) in [7, 11) is 0. The molecule has 0 bridgehead atoms. The average Bonchev–Trinajstić information content (AvgIpc) is 2.35. The number of pyridine rings is 1. The normalized spacial score (nSPS) is 13.1. The minimum Gasteiger partial charge on any atom is -0.309 e. The van der Waals surface area contributed by atoms with E-state index in [1.807, 2.05) is 12.1 Å². The van der Waals surface area contributed by atoms with Crippen LogP contribution in [-0.2, 0) is 6.54 Å². The number of nitrogens with zero attached hydrogens (tertiary/aromatic N) is 1. The van der Waals surface area contributed by atoms with Gasteiger partial charge in [-0.15, -0.1) is 0 Å². The fourth-order valence-corrected chi connectivity index (χ4v) is 2.28. The second kappa shape index (κ2) is 5.96. The number of benzene rings is 1. The van der Waals surface area contributed by atoms with Crippen LogP contribution in [0.4, 0.5) is 0 Å². The largest absolute Gasteiger partial charge is 0.309 e. The highest BCUT2D eigenvalue weighted by Gasteiger charge is 2.05. The molecule has 2 rings (SSSR count). The van der Waals surface area contributed by atoms with Gasteiger partial charge in [-0.3, -0.25) is 4.98 Å². The van der Waals surface area contributed by atoms with E-state index in [-0.39, 0.29) is 0 Å². The van der Waals surface area contributed by atoms with E-state index in [1.54, 1.807) is 0 Å². The van der Waals surface area contributed by atoms with Crippen molar-refractivity contribution >= 4 is 10.9 Å². The van der Waals surface area contributed by atoms with Crippen molar-refractivity contribution < 1.29 is 0 Å². The minimum atomic E-state index is 0.540. The maximum atomic E-state index is 4.66. The minimum absolute atomic E-state index is 0.540. The van der Waals surface area contributed by atoms with Gasteiger partial charge in [0.15, 0.2) is 0 Å². The first-order valence-electron chi connectivity index (χ1n) is 6.73. The van der Waals surface area contributed by atoms with E-state index >= 15 is 0 Å². The zero-order chi connectivity index (χ0) is 13.0. The van der Waals surface area contributed by atoms with E-state index in [0.29, 0.717) is 6.04 Å². The molecule has 1 unspecified atom stereocenters. The smallest absolute Gasteiger partial charge is 0.0705 e. The first kappa shape index (κ1) is 13.0. The zero-order valence-corrected chi connectivity index (χ0v) is 11.5. The summed E-state index contributed by atoms with van der Waals surface area (Å²) in [5.41, 5.74) is 2.19. The lowest BCUT2D eigenvalue weighted by atomic mass is 10.1. The monoisotopic (exact) mass is 242 g/mol. The summed E-state index contributed by atoms with van der Waals surface area (Å²) in [6.45, 7) is 7.60. The van der Waals surface area contributed by atoms with Gasteiger partial charge in [0, 0.05) is 18.0 Å². The second-order valence-electron chi connectivity index (χ2n) is 5.41. The average molecular weight is 242 g/mol. The van der Waals surface area contributed by atoms with Crippen LogP contribution in [0.1, 0.15) is 32.9 Å². The summed E-state index contributed by atoms with van der Waals surface area (Å²) < 4.78 is 0. The predicted octanol–water partition coefficient (Wildman–Crippen LogP) is 3.76. The van der Waals surface area contributed by atoms with E-state index in [9.17, 15) is 0 Å². The maximum Gasteiger partial charge on any atom is 0.0705 e. The van der Waals surface area contributed by atoms with Gasteiger partial charge in [0.25, 0.3) is 0 Å². The van der Waals surface area contributed by atoms with E-state index in [0.717, 1.165) is 23.7 Å². The van der Waals surface area contributed by atoms with Crippen LogP contribution in [0.3, 0.4) is 0 Å². The Balaban J connectivity index is 1.99. The summed E-state index contributed by atoms with van der Waals surface area (Å²) >= 11 is 0. The molecule has 0 radical (unpaired) electrons. The van der Waals surface area contributed by atoms with Crippen molar-refractivity contribution in [3.63, 3.8) is 0 Å². The van der Waals surface area contributed by atoms with Gasteiger partial charge in [-0.1, -0.05) is 38.1 Å². The van der Waals surface area contributed by atoms with Gasteiger partial charge in [-0.25, -0.2) is 0 Å². The molecule has 1 N–H and O–H groups in total. The van der Waals surface area contributed by atoms with Crippen molar-refractivity contribution in [2.24, 2.45) is 5.92 Å². The summed E-state index contributed by atoms with van der Waals surface area (Å²) in [5.74, 6) is 0.733. The molecule has 0 aliphatic heterocycles. The van der Waals surface area contributed by atoms with Gasteiger partial charge in [0.2, 0.25) is 0 Å². The number of rotatable bonds is 5. The fraction of sp³-hybridized carbons (Fsp3) is 0.438. The van der Waals surface area contributed by atoms with Crippen LogP contribution in [0.2, 0.25) is 0 Å². The highest BCUT2D eigenvalue weighted by molar-refractivity contribution is 5.78. The third-order valence-corrected chi connectivity index (χ3v) is 3.11. The summed E-state index contributed by atoms with van der Waals surface area (Å²) in [4.78, 5) is 4.66. The molecule has 1 aromatic heterocycles. The van der Waals surface area contributed by atoms with Crippen molar-refractivity contribution in [1.29, 1.82) is 0 Å². The van der Waals surface area contributed by atoms with E-state index in [1.165, 1.54) is 11.8 Å². The first-order valence-corrected chi connectivity index (χ1v) is 6.73. The molecule has 2 heteroatoms. The van der Waals surface area contributed by atoms with Crippen LogP contribution in [-0.4, -0.2) is 11.0 Å². The Bertz CT molecular complexity index is 505. The molecule has 2 nitrogen and oxygen atoms in total. The molecule has 0 aliphatic rings. The highest BCUT2D eigenvalue weighted by Crippen LogP contribution is 2.12. The van der Waals surface area contributed by atoms with Crippen molar-refractivity contribution in [3.8, 4) is 0 Å². The molecule has 2 aromatic rings. The van der Waals surface area contributed by atoms with Crippen LogP contribution in [0.25, 0.3) is 10.9 Å². The van der Waals surface area contributed by atoms with Crippen molar-refractivity contribution in [2.75, 3.05) is 0 Å². The molecule has 0 aliphatic carbocycles. The number of para-hydroxylation sites is 1. The number of nitrogens with one attached hydrogen (secondary N) is 1. The van der Waals surface area contributed by atoms with Crippen LogP contribution in [0, 0.1) is 5.92 Å². The molecular formula is C16H22N2. The van der Waals surface area contributed by atoms with Gasteiger partial charge in [0.05, 0.1) is 11.2 Å². The van der Waals surface area contributed by atoms with Gasteiger partial charge >= 0.3 is 0 Å². The molecule has 18 heavy (non-hydrogen) atoms. The second-order valence-corrected chi connectivity index (χ2v) is 5.41. The molecule has 96 valence electrons. The zero-order valence-electron chi connectivity index (χ0n) is 11.5. The quantitative estimate of drug-likeness (QED) is 0.863. The summed E-state index contributed by atoms with van der Waals surface area (Å²) in [6.07, 6.45) is 1.20. The summed E-state index contributed by atoms with van der Waals surface area (Å²) in [5, 5.41) is 4.74. The van der Waals surface area contributed by atoms with Crippen molar-refractivity contribution in [1.82, 2.24) is 10.3 Å². The third-order valence-electron chi connectivity index (χ3n) is 3.11. The molecular weight excluding hydrogens is 220 g/mol. The molecule has 1 aromatic carbocycles. The first-order chi connectivity index (χ1) is 8.65. The Morgan fingerprint density at radius 2 is 1.83 bits per heavy atom. The van der Waals surface area contributed by atoms with E-state index < -0.39 is 0 Å². The van der Waals surface area contributed by atoms with Crippen LogP contribution < -0.4 is 5.32 Å². The lowest BCUT2D eigenvalue weighted by Gasteiger charge is -2.15. The van der Waals surface area contributed by atoms with Gasteiger partial charge in [-0.2, -0.15) is 0 Å². The molecule has 0 saturated carbocycles. The Morgan fingerprint density at radius 1 is 1.06 bits per heavy atom. The summed E-state index contributed by atoms with van der Waals surface area (Å²) in [6, 6.07) is 13.0. The van der Waals surface area contributed by atoms with Crippen molar-refractivity contribution in [2.45, 2.75) is 39.8 Å².